The molecule has 0 saturated heterocycles. The van der Waals surface area contributed by atoms with E-state index in [-0.39, 0.29) is 18.3 Å². The van der Waals surface area contributed by atoms with Crippen molar-refractivity contribution in [2.45, 2.75) is 39.2 Å². The molecule has 0 radical (unpaired) electrons. The van der Waals surface area contributed by atoms with Crippen molar-refractivity contribution in [1.29, 1.82) is 0 Å². The van der Waals surface area contributed by atoms with Gasteiger partial charge in [0.25, 0.3) is 0 Å². The third-order valence-electron chi connectivity index (χ3n) is 2.97. The molecule has 1 amide bonds. The second kappa shape index (κ2) is 6.44. The van der Waals surface area contributed by atoms with Crippen molar-refractivity contribution in [3.8, 4) is 0 Å². The minimum Gasteiger partial charge on any atom is -0.409 e. The summed E-state index contributed by atoms with van der Waals surface area (Å²) >= 11 is 0. The van der Waals surface area contributed by atoms with E-state index in [0.717, 1.165) is 6.42 Å². The summed E-state index contributed by atoms with van der Waals surface area (Å²) in [6, 6.07) is 0. The van der Waals surface area contributed by atoms with Crippen LogP contribution in [0.15, 0.2) is 5.16 Å². The smallest absolute Gasteiger partial charge is 0.233 e. The lowest BCUT2D eigenvalue weighted by Gasteiger charge is -2.36. The number of hydrogen-bond acceptors (Lipinski definition) is 4. The minimum absolute atomic E-state index is 0.0857. The molecule has 17 heavy (non-hydrogen) atoms. The summed E-state index contributed by atoms with van der Waals surface area (Å²) in [7, 11) is 1.60. The Morgan fingerprint density at radius 2 is 2.06 bits per heavy atom. The molecule has 0 aliphatic rings. The maximum Gasteiger partial charge on any atom is 0.233 e. The van der Waals surface area contributed by atoms with E-state index >= 15 is 0 Å². The van der Waals surface area contributed by atoms with E-state index in [1.165, 1.54) is 4.90 Å². The van der Waals surface area contributed by atoms with Crippen LogP contribution in [0.4, 0.5) is 0 Å². The maximum absolute atomic E-state index is 12.2. The van der Waals surface area contributed by atoms with Crippen LogP contribution in [0.3, 0.4) is 0 Å². The zero-order chi connectivity index (χ0) is 13.6. The van der Waals surface area contributed by atoms with Crippen LogP contribution in [0.5, 0.6) is 0 Å². The van der Waals surface area contributed by atoms with E-state index in [2.05, 4.69) is 5.16 Å². The fraction of sp³-hybridized carbons (Fsp3) is 0.818. The van der Waals surface area contributed by atoms with Gasteiger partial charge in [-0.2, -0.15) is 0 Å². The standard InChI is InChI=1S/C11H23N3O3/c1-5-6-8(9(12)13-17)10(16)14(4)11(2,3)7-15/h8,15,17H,5-7H2,1-4H3,(H2,12,13). The number of aliphatic hydroxyl groups excluding tert-OH is 1. The highest BCUT2D eigenvalue weighted by atomic mass is 16.4. The van der Waals surface area contributed by atoms with Gasteiger partial charge in [-0.3, -0.25) is 4.79 Å². The Labute approximate surface area is 102 Å². The van der Waals surface area contributed by atoms with Gasteiger partial charge in [0.05, 0.1) is 18.1 Å². The van der Waals surface area contributed by atoms with Crippen LogP contribution in [0.2, 0.25) is 0 Å². The highest BCUT2D eigenvalue weighted by Crippen LogP contribution is 2.17. The lowest BCUT2D eigenvalue weighted by atomic mass is 9.97. The predicted octanol–water partition coefficient (Wildman–Crippen LogP) is 0.378. The van der Waals surface area contributed by atoms with Crippen LogP contribution >= 0.6 is 0 Å². The second-order valence-electron chi connectivity index (χ2n) is 4.73. The molecule has 0 aliphatic heterocycles. The van der Waals surface area contributed by atoms with E-state index in [1.54, 1.807) is 20.9 Å². The molecule has 100 valence electrons. The average molecular weight is 245 g/mol. The molecule has 0 aromatic rings. The average Bonchev–Trinajstić information content (AvgIpc) is 2.33. The number of nitrogens with zero attached hydrogens (tertiary/aromatic N) is 2. The number of amidine groups is 1. The largest absolute Gasteiger partial charge is 0.409 e. The molecular formula is C11H23N3O3. The number of carbonyl (C=O) groups is 1. The Balaban J connectivity index is 4.97. The number of hydrogen-bond donors (Lipinski definition) is 3. The SMILES string of the molecule is CCCC(C(=O)N(C)C(C)(C)CO)C(N)=NO. The van der Waals surface area contributed by atoms with Gasteiger partial charge in [0.2, 0.25) is 5.91 Å². The second-order valence-corrected chi connectivity index (χ2v) is 4.73. The van der Waals surface area contributed by atoms with Gasteiger partial charge in [-0.05, 0) is 20.3 Å². The number of nitrogens with two attached hydrogens (primary N) is 1. The molecule has 0 spiro atoms. The molecule has 0 aliphatic carbocycles. The number of carbonyl (C=O) groups excluding carboxylic acids is 1. The first-order valence-electron chi connectivity index (χ1n) is 5.67. The molecule has 1 unspecified atom stereocenters. The Morgan fingerprint density at radius 3 is 2.41 bits per heavy atom. The van der Waals surface area contributed by atoms with E-state index < -0.39 is 11.5 Å². The Hall–Kier alpha value is -1.30. The van der Waals surface area contributed by atoms with Gasteiger partial charge in [-0.15, -0.1) is 0 Å². The summed E-state index contributed by atoms with van der Waals surface area (Å²) in [5.74, 6) is -0.973. The summed E-state index contributed by atoms with van der Waals surface area (Å²) in [6.45, 7) is 5.27. The van der Waals surface area contributed by atoms with Crippen LogP contribution in [-0.2, 0) is 4.79 Å². The van der Waals surface area contributed by atoms with Gasteiger partial charge in [0.15, 0.2) is 5.84 Å². The number of amides is 1. The van der Waals surface area contributed by atoms with Crippen molar-refractivity contribution in [3.05, 3.63) is 0 Å². The van der Waals surface area contributed by atoms with Gasteiger partial charge in [0.1, 0.15) is 0 Å². The van der Waals surface area contributed by atoms with E-state index in [9.17, 15) is 9.90 Å². The highest BCUT2D eigenvalue weighted by Gasteiger charge is 2.33. The first-order chi connectivity index (χ1) is 7.81. The molecular weight excluding hydrogens is 222 g/mol. The molecule has 0 rings (SSSR count). The fourth-order valence-electron chi connectivity index (χ4n) is 1.39. The summed E-state index contributed by atoms with van der Waals surface area (Å²) in [5.41, 5.74) is 4.85. The van der Waals surface area contributed by atoms with Crippen LogP contribution in [0, 0.1) is 5.92 Å². The molecule has 4 N–H and O–H groups in total. The molecule has 6 heteroatoms. The number of likely N-dealkylation sites (N-methyl/N-ethyl adjacent to an activating group) is 1. The third kappa shape index (κ3) is 3.89. The van der Waals surface area contributed by atoms with Gasteiger partial charge < -0.3 is 20.9 Å². The molecule has 0 bridgehead atoms. The normalized spacial score (nSPS) is 14.5. The van der Waals surface area contributed by atoms with Gasteiger partial charge in [-0.1, -0.05) is 18.5 Å². The van der Waals surface area contributed by atoms with Crippen LogP contribution in [0.1, 0.15) is 33.6 Å². The van der Waals surface area contributed by atoms with Crippen molar-refractivity contribution < 1.29 is 15.1 Å². The lowest BCUT2D eigenvalue weighted by molar-refractivity contribution is -0.138. The van der Waals surface area contributed by atoms with Crippen LogP contribution in [0.25, 0.3) is 0 Å². The van der Waals surface area contributed by atoms with E-state index in [0.29, 0.717) is 6.42 Å². The molecule has 6 nitrogen and oxygen atoms in total. The summed E-state index contributed by atoms with van der Waals surface area (Å²) in [5, 5.41) is 20.8. The minimum atomic E-state index is -0.668. The van der Waals surface area contributed by atoms with Gasteiger partial charge >= 0.3 is 0 Å². The summed E-state index contributed by atoms with van der Waals surface area (Å²) < 4.78 is 0. The number of oxime groups is 1. The molecule has 0 fully saturated rings. The molecule has 0 aromatic heterocycles. The quantitative estimate of drug-likeness (QED) is 0.272. The van der Waals surface area contributed by atoms with Gasteiger partial charge in [0, 0.05) is 7.05 Å². The van der Waals surface area contributed by atoms with Crippen LogP contribution < -0.4 is 5.73 Å². The number of aliphatic hydroxyl groups is 1. The van der Waals surface area contributed by atoms with Crippen LogP contribution in [-0.4, -0.2) is 46.1 Å². The molecule has 0 heterocycles. The monoisotopic (exact) mass is 245 g/mol. The summed E-state index contributed by atoms with van der Waals surface area (Å²) in [6.07, 6.45) is 1.26. The van der Waals surface area contributed by atoms with Crippen molar-refractivity contribution in [1.82, 2.24) is 4.90 Å². The first kappa shape index (κ1) is 15.7. The van der Waals surface area contributed by atoms with Gasteiger partial charge in [-0.25, -0.2) is 0 Å². The van der Waals surface area contributed by atoms with Crippen molar-refractivity contribution in [2.24, 2.45) is 16.8 Å². The Morgan fingerprint density at radius 1 is 1.53 bits per heavy atom. The van der Waals surface area contributed by atoms with Crippen molar-refractivity contribution in [2.75, 3.05) is 13.7 Å². The van der Waals surface area contributed by atoms with Crippen molar-refractivity contribution >= 4 is 11.7 Å². The summed E-state index contributed by atoms with van der Waals surface area (Å²) in [4.78, 5) is 13.6. The zero-order valence-electron chi connectivity index (χ0n) is 11.0. The zero-order valence-corrected chi connectivity index (χ0v) is 11.0. The predicted molar refractivity (Wildman–Crippen MR) is 65.7 cm³/mol. The first-order valence-corrected chi connectivity index (χ1v) is 5.67. The topological polar surface area (TPSA) is 99.2 Å². The molecule has 0 saturated carbocycles. The fourth-order valence-corrected chi connectivity index (χ4v) is 1.39. The lowest BCUT2D eigenvalue weighted by Crippen LogP contribution is -2.51. The number of rotatable bonds is 6. The highest BCUT2D eigenvalue weighted by molar-refractivity contribution is 6.02. The third-order valence-corrected chi connectivity index (χ3v) is 2.97. The maximum atomic E-state index is 12.2. The van der Waals surface area contributed by atoms with Crippen molar-refractivity contribution in [3.63, 3.8) is 0 Å². The van der Waals surface area contributed by atoms with E-state index in [1.807, 2.05) is 6.92 Å². The molecule has 0 aromatic carbocycles. The Bertz CT molecular complexity index is 290. The molecule has 1 atom stereocenters. The Kier molecular flexibility index (Phi) is 5.95. The van der Waals surface area contributed by atoms with E-state index in [4.69, 9.17) is 10.9 Å².